The Hall–Kier alpha value is -1.30. The van der Waals surface area contributed by atoms with Crippen molar-refractivity contribution in [2.45, 2.75) is 0 Å². The average molecular weight is 105 g/mol. The Morgan fingerprint density at radius 3 is 2.88 bits per heavy atom. The van der Waals surface area contributed by atoms with Gasteiger partial charge in [-0.2, -0.15) is 5.26 Å². The summed E-state index contributed by atoms with van der Waals surface area (Å²) in [6, 6.07) is 0. The minimum atomic E-state index is 0.725. The summed E-state index contributed by atoms with van der Waals surface area (Å²) in [6.07, 6.45) is 3.73. The molecule has 2 aliphatic heterocycles. The third kappa shape index (κ3) is 0.205. The molecule has 2 heterocycles. The molecule has 0 aromatic rings. The topological polar surface area (TPSA) is 39.4 Å². The molecule has 0 fully saturated rings. The smallest absolute Gasteiger partial charge is 0.184 e. The molecule has 0 atom stereocenters. The van der Waals surface area contributed by atoms with Crippen LogP contribution in [0.25, 0.3) is 0 Å². The first-order chi connectivity index (χ1) is 3.92. The Bertz CT molecular complexity index is 231. The van der Waals surface area contributed by atoms with Crippen molar-refractivity contribution in [3.05, 3.63) is 11.4 Å². The highest BCUT2D eigenvalue weighted by Gasteiger charge is 2.29. The number of hydrogen-bond donors (Lipinski definition) is 0. The van der Waals surface area contributed by atoms with Gasteiger partial charge < -0.3 is 0 Å². The number of rotatable bonds is 0. The molecule has 0 spiro atoms. The van der Waals surface area contributed by atoms with Crippen LogP contribution in [0.5, 0.6) is 0 Å². The Kier molecular flexibility index (Phi) is 0.422. The summed E-state index contributed by atoms with van der Waals surface area (Å²) in [5, 5.41) is 8.29. The molecule has 38 valence electrons. The summed E-state index contributed by atoms with van der Waals surface area (Å²) in [7, 11) is 0. The zero-order valence-electron chi connectivity index (χ0n) is 4.13. The van der Waals surface area contributed by atoms with Gasteiger partial charge in [0.15, 0.2) is 6.19 Å². The van der Waals surface area contributed by atoms with Crippen LogP contribution in [0.2, 0.25) is 0 Å². The monoisotopic (exact) mass is 105 g/mol. The SMILES string of the molecule is N#CN1CC2=C1C=N2. The fourth-order valence-electron chi connectivity index (χ4n) is 0.794. The second-order valence-corrected chi connectivity index (χ2v) is 1.78. The van der Waals surface area contributed by atoms with E-state index in [1.807, 2.05) is 6.19 Å². The van der Waals surface area contributed by atoms with Crippen molar-refractivity contribution in [2.75, 3.05) is 6.54 Å². The Labute approximate surface area is 46.5 Å². The summed E-state index contributed by atoms with van der Waals surface area (Å²) in [4.78, 5) is 5.51. The lowest BCUT2D eigenvalue weighted by molar-refractivity contribution is 0.459. The molecule has 0 radical (unpaired) electrons. The molecule has 0 N–H and O–H groups in total. The van der Waals surface area contributed by atoms with Gasteiger partial charge in [0.1, 0.15) is 0 Å². The molecule has 0 aromatic heterocycles. The van der Waals surface area contributed by atoms with E-state index >= 15 is 0 Å². The van der Waals surface area contributed by atoms with Crippen molar-refractivity contribution in [1.82, 2.24) is 4.90 Å². The van der Waals surface area contributed by atoms with Gasteiger partial charge in [-0.15, -0.1) is 0 Å². The highest BCUT2D eigenvalue weighted by molar-refractivity contribution is 5.89. The van der Waals surface area contributed by atoms with Crippen LogP contribution in [0.15, 0.2) is 16.4 Å². The van der Waals surface area contributed by atoms with Gasteiger partial charge in [-0.3, -0.25) is 9.89 Å². The van der Waals surface area contributed by atoms with Crippen LogP contribution in [0, 0.1) is 11.5 Å². The highest BCUT2D eigenvalue weighted by atomic mass is 15.2. The first-order valence-corrected chi connectivity index (χ1v) is 2.36. The van der Waals surface area contributed by atoms with Gasteiger partial charge in [0, 0.05) is 0 Å². The summed E-state index contributed by atoms with van der Waals surface area (Å²) in [5.41, 5.74) is 2.08. The molecule has 0 saturated carbocycles. The maximum atomic E-state index is 8.29. The third-order valence-electron chi connectivity index (χ3n) is 1.36. The number of aliphatic imine (C=N–C) groups is 1. The van der Waals surface area contributed by atoms with Crippen LogP contribution in [-0.4, -0.2) is 17.7 Å². The van der Waals surface area contributed by atoms with E-state index in [-0.39, 0.29) is 0 Å². The highest BCUT2D eigenvalue weighted by Crippen LogP contribution is 2.27. The lowest BCUT2D eigenvalue weighted by Gasteiger charge is -2.32. The molecule has 0 bridgehead atoms. The fourth-order valence-corrected chi connectivity index (χ4v) is 0.794. The second kappa shape index (κ2) is 0.920. The minimum absolute atomic E-state index is 0.725. The average Bonchev–Trinajstić information content (AvgIpc) is 1.76. The molecule has 0 aliphatic carbocycles. The Balaban J connectivity index is 2.26. The summed E-state index contributed by atoms with van der Waals surface area (Å²) >= 11 is 0. The lowest BCUT2D eigenvalue weighted by atomic mass is 10.1. The molecule has 0 saturated heterocycles. The summed E-state index contributed by atoms with van der Waals surface area (Å²) in [5.74, 6) is 0. The van der Waals surface area contributed by atoms with Crippen molar-refractivity contribution in [1.29, 1.82) is 5.26 Å². The Morgan fingerprint density at radius 1 is 1.88 bits per heavy atom. The van der Waals surface area contributed by atoms with Gasteiger partial charge in [-0.25, -0.2) is 0 Å². The fraction of sp³-hybridized carbons (Fsp3) is 0.200. The predicted octanol–water partition coefficient (Wildman–Crippen LogP) is 0.0791. The third-order valence-corrected chi connectivity index (χ3v) is 1.36. The summed E-state index contributed by atoms with van der Waals surface area (Å²) in [6.45, 7) is 0.725. The van der Waals surface area contributed by atoms with E-state index in [1.54, 1.807) is 11.1 Å². The van der Waals surface area contributed by atoms with E-state index in [0.717, 1.165) is 17.9 Å². The standard InChI is InChI=1S/C5H3N3/c6-3-8-2-4-5(8)1-7-4/h1H,2H2. The molecular formula is C5H3N3. The molecule has 0 amide bonds. The normalized spacial score (nSPS) is 21.1. The van der Waals surface area contributed by atoms with Gasteiger partial charge in [0.25, 0.3) is 0 Å². The van der Waals surface area contributed by atoms with Crippen LogP contribution in [0.3, 0.4) is 0 Å². The lowest BCUT2D eigenvalue weighted by Crippen LogP contribution is -2.36. The van der Waals surface area contributed by atoms with Gasteiger partial charge >= 0.3 is 0 Å². The van der Waals surface area contributed by atoms with E-state index < -0.39 is 0 Å². The molecule has 8 heavy (non-hydrogen) atoms. The Morgan fingerprint density at radius 2 is 2.75 bits per heavy atom. The van der Waals surface area contributed by atoms with E-state index in [2.05, 4.69) is 4.99 Å². The molecule has 2 aliphatic rings. The second-order valence-electron chi connectivity index (χ2n) is 1.78. The van der Waals surface area contributed by atoms with Crippen LogP contribution < -0.4 is 0 Å². The first-order valence-electron chi connectivity index (χ1n) is 2.36. The quantitative estimate of drug-likeness (QED) is 0.409. The van der Waals surface area contributed by atoms with Crippen LogP contribution in [-0.2, 0) is 0 Å². The number of hydrogen-bond acceptors (Lipinski definition) is 3. The minimum Gasteiger partial charge on any atom is -0.270 e. The van der Waals surface area contributed by atoms with Crippen molar-refractivity contribution < 1.29 is 0 Å². The molecule has 3 heteroatoms. The van der Waals surface area contributed by atoms with E-state index in [4.69, 9.17) is 5.26 Å². The van der Waals surface area contributed by atoms with Gasteiger partial charge in [0.2, 0.25) is 0 Å². The van der Waals surface area contributed by atoms with E-state index in [1.165, 1.54) is 0 Å². The van der Waals surface area contributed by atoms with Crippen LogP contribution in [0.4, 0.5) is 0 Å². The number of allylic oxidation sites excluding steroid dienone is 1. The van der Waals surface area contributed by atoms with Crippen LogP contribution >= 0.6 is 0 Å². The predicted molar refractivity (Wildman–Crippen MR) is 27.8 cm³/mol. The molecule has 0 aromatic carbocycles. The van der Waals surface area contributed by atoms with Crippen molar-refractivity contribution in [3.8, 4) is 6.19 Å². The summed E-state index contributed by atoms with van der Waals surface area (Å²) < 4.78 is 0. The van der Waals surface area contributed by atoms with Crippen molar-refractivity contribution >= 4 is 6.21 Å². The number of nitriles is 1. The molecule has 0 unspecified atom stereocenters. The molecular weight excluding hydrogens is 102 g/mol. The van der Waals surface area contributed by atoms with E-state index in [9.17, 15) is 0 Å². The largest absolute Gasteiger partial charge is 0.270 e. The maximum Gasteiger partial charge on any atom is 0.184 e. The van der Waals surface area contributed by atoms with Gasteiger partial charge in [-0.1, -0.05) is 0 Å². The molecule has 2 rings (SSSR count). The van der Waals surface area contributed by atoms with Crippen LogP contribution in [0.1, 0.15) is 0 Å². The van der Waals surface area contributed by atoms with Crippen molar-refractivity contribution in [2.24, 2.45) is 4.99 Å². The van der Waals surface area contributed by atoms with Crippen molar-refractivity contribution in [3.63, 3.8) is 0 Å². The number of nitrogens with zero attached hydrogens (tertiary/aromatic N) is 3. The maximum absolute atomic E-state index is 8.29. The van der Waals surface area contributed by atoms with E-state index in [0.29, 0.717) is 0 Å². The zero-order chi connectivity index (χ0) is 5.56. The molecule has 3 nitrogen and oxygen atoms in total. The van der Waals surface area contributed by atoms with Gasteiger partial charge in [0.05, 0.1) is 24.2 Å². The first kappa shape index (κ1) is 3.67. The van der Waals surface area contributed by atoms with Gasteiger partial charge in [-0.05, 0) is 0 Å². The zero-order valence-corrected chi connectivity index (χ0v) is 4.13.